The topological polar surface area (TPSA) is 89.2 Å². The second-order valence-electron chi connectivity index (χ2n) is 6.59. The summed E-state index contributed by atoms with van der Waals surface area (Å²) in [6.07, 6.45) is 1.43. The van der Waals surface area contributed by atoms with Crippen molar-refractivity contribution >= 4 is 45.4 Å². The molecular weight excluding hydrogens is 390 g/mol. The van der Waals surface area contributed by atoms with Gasteiger partial charge in [-0.25, -0.2) is 15.1 Å². The number of hydrazone groups is 1. The van der Waals surface area contributed by atoms with E-state index in [2.05, 4.69) is 20.6 Å². The van der Waals surface area contributed by atoms with Crippen LogP contribution in [0.5, 0.6) is 0 Å². The van der Waals surface area contributed by atoms with Crippen molar-refractivity contribution in [1.82, 2.24) is 20.2 Å². The normalized spacial score (nSPS) is 11.4. The minimum absolute atomic E-state index is 0.109. The summed E-state index contributed by atoms with van der Waals surface area (Å²) in [5.41, 5.74) is 4.72. The Morgan fingerprint density at radius 1 is 1.17 bits per heavy atom. The molecule has 0 aliphatic heterocycles. The van der Waals surface area contributed by atoms with Crippen LogP contribution >= 0.6 is 11.6 Å². The highest BCUT2D eigenvalue weighted by molar-refractivity contribution is 6.32. The number of pyridine rings is 1. The first-order valence-corrected chi connectivity index (χ1v) is 9.18. The van der Waals surface area contributed by atoms with E-state index in [9.17, 15) is 9.59 Å². The van der Waals surface area contributed by atoms with Gasteiger partial charge in [-0.3, -0.25) is 9.59 Å². The summed E-state index contributed by atoms with van der Waals surface area (Å²) in [6.45, 7) is 1.98. The van der Waals surface area contributed by atoms with Crippen molar-refractivity contribution in [3.05, 3.63) is 80.9 Å². The largest absolute Gasteiger partial charge is 0.292 e. The van der Waals surface area contributed by atoms with E-state index in [0.29, 0.717) is 16.3 Å². The first kappa shape index (κ1) is 18.8. The summed E-state index contributed by atoms with van der Waals surface area (Å²) < 4.78 is 1.13. The highest BCUT2D eigenvalue weighted by Crippen LogP contribution is 2.20. The molecule has 7 nitrogen and oxygen atoms in total. The number of hydrogen-bond acceptors (Lipinski definition) is 5. The number of aryl methyl sites for hydroxylation is 2. The summed E-state index contributed by atoms with van der Waals surface area (Å²) in [6, 6.07) is 14.5. The average molecular weight is 406 g/mol. The van der Waals surface area contributed by atoms with E-state index in [4.69, 9.17) is 11.6 Å². The van der Waals surface area contributed by atoms with E-state index in [1.165, 1.54) is 13.3 Å². The minimum Gasteiger partial charge on any atom is -0.267 e. The van der Waals surface area contributed by atoms with Crippen LogP contribution in [0.4, 0.5) is 0 Å². The molecule has 0 saturated heterocycles. The third-order valence-corrected chi connectivity index (χ3v) is 4.80. The maximum absolute atomic E-state index is 12.6. The van der Waals surface area contributed by atoms with Crippen LogP contribution in [0.2, 0.25) is 5.15 Å². The van der Waals surface area contributed by atoms with E-state index in [0.717, 1.165) is 21.1 Å². The van der Waals surface area contributed by atoms with Crippen molar-refractivity contribution in [2.45, 2.75) is 6.92 Å². The Morgan fingerprint density at radius 3 is 2.72 bits per heavy atom. The highest BCUT2D eigenvalue weighted by Gasteiger charge is 2.15. The molecule has 0 aliphatic rings. The van der Waals surface area contributed by atoms with Gasteiger partial charge in [0, 0.05) is 23.4 Å². The van der Waals surface area contributed by atoms with Crippen LogP contribution in [0, 0.1) is 6.92 Å². The van der Waals surface area contributed by atoms with E-state index in [1.54, 1.807) is 24.3 Å². The molecular formula is C21H16ClN5O2. The van der Waals surface area contributed by atoms with Crippen LogP contribution in [0.1, 0.15) is 21.6 Å². The molecule has 2 aromatic heterocycles. The molecule has 8 heteroatoms. The van der Waals surface area contributed by atoms with Gasteiger partial charge in [-0.1, -0.05) is 41.9 Å². The van der Waals surface area contributed by atoms with Crippen LogP contribution in [0.3, 0.4) is 0 Å². The van der Waals surface area contributed by atoms with Gasteiger partial charge in [-0.05, 0) is 30.7 Å². The molecule has 0 radical (unpaired) electrons. The zero-order chi connectivity index (χ0) is 20.5. The molecule has 1 N–H and O–H groups in total. The Bertz CT molecular complexity index is 1360. The molecule has 4 rings (SSSR count). The molecule has 0 saturated carbocycles. The molecule has 0 atom stereocenters. The third-order valence-electron chi connectivity index (χ3n) is 4.50. The Balaban J connectivity index is 1.63. The predicted octanol–water partition coefficient (Wildman–Crippen LogP) is 3.21. The van der Waals surface area contributed by atoms with Gasteiger partial charge in [0.1, 0.15) is 5.15 Å². The molecule has 0 aliphatic carbocycles. The van der Waals surface area contributed by atoms with Crippen LogP contribution in [-0.4, -0.2) is 26.9 Å². The predicted molar refractivity (Wildman–Crippen MR) is 114 cm³/mol. The number of nitrogens with one attached hydrogen (secondary N) is 1. The van der Waals surface area contributed by atoms with Crippen molar-refractivity contribution < 1.29 is 4.79 Å². The van der Waals surface area contributed by atoms with Crippen LogP contribution in [-0.2, 0) is 7.05 Å². The van der Waals surface area contributed by atoms with Crippen LogP contribution < -0.4 is 11.0 Å². The summed E-state index contributed by atoms with van der Waals surface area (Å²) in [7, 11) is 1.50. The number of fused-ring (bicyclic) bond motifs is 2. The molecule has 4 aromatic rings. The molecule has 0 bridgehead atoms. The molecule has 0 fully saturated rings. The lowest BCUT2D eigenvalue weighted by molar-refractivity contribution is 0.0950. The fraction of sp³-hybridized carbons (Fsp3) is 0.0952. The maximum atomic E-state index is 12.6. The van der Waals surface area contributed by atoms with Crippen molar-refractivity contribution in [3.63, 3.8) is 0 Å². The van der Waals surface area contributed by atoms with E-state index in [1.807, 2.05) is 31.2 Å². The van der Waals surface area contributed by atoms with Gasteiger partial charge in [-0.2, -0.15) is 10.2 Å². The smallest absolute Gasteiger partial charge is 0.267 e. The van der Waals surface area contributed by atoms with Gasteiger partial charge in [0.15, 0.2) is 5.69 Å². The maximum Gasteiger partial charge on any atom is 0.292 e. The number of rotatable bonds is 3. The Labute approximate surface area is 170 Å². The van der Waals surface area contributed by atoms with E-state index < -0.39 is 5.91 Å². The lowest BCUT2D eigenvalue weighted by Crippen LogP contribution is -2.27. The van der Waals surface area contributed by atoms with Crippen LogP contribution in [0.15, 0.2) is 58.4 Å². The Hall–Kier alpha value is -3.58. The number of amides is 1. The van der Waals surface area contributed by atoms with Crippen LogP contribution in [0.25, 0.3) is 21.7 Å². The first-order valence-electron chi connectivity index (χ1n) is 8.80. The fourth-order valence-corrected chi connectivity index (χ4v) is 3.24. The Morgan fingerprint density at radius 2 is 1.93 bits per heavy atom. The number of nitrogens with zero attached hydrogens (tertiary/aromatic N) is 4. The first-order chi connectivity index (χ1) is 13.9. The lowest BCUT2D eigenvalue weighted by Gasteiger charge is -2.06. The number of benzene rings is 2. The van der Waals surface area contributed by atoms with Gasteiger partial charge in [0.05, 0.1) is 17.1 Å². The van der Waals surface area contributed by atoms with Crippen molar-refractivity contribution in [3.8, 4) is 0 Å². The molecule has 2 heterocycles. The number of aromatic nitrogens is 3. The fourth-order valence-electron chi connectivity index (χ4n) is 3.04. The zero-order valence-corrected chi connectivity index (χ0v) is 16.4. The van der Waals surface area contributed by atoms with Gasteiger partial charge in [0.25, 0.3) is 11.5 Å². The molecule has 2 aromatic carbocycles. The van der Waals surface area contributed by atoms with E-state index >= 15 is 0 Å². The van der Waals surface area contributed by atoms with E-state index in [-0.39, 0.29) is 16.4 Å². The lowest BCUT2D eigenvalue weighted by atomic mass is 10.1. The van der Waals surface area contributed by atoms with Crippen molar-refractivity contribution in [2.75, 3.05) is 0 Å². The summed E-state index contributed by atoms with van der Waals surface area (Å²) in [5, 5.41) is 10.1. The quantitative estimate of drug-likeness (QED) is 0.322. The van der Waals surface area contributed by atoms with Gasteiger partial charge in [0.2, 0.25) is 0 Å². The highest BCUT2D eigenvalue weighted by atomic mass is 35.5. The monoisotopic (exact) mass is 405 g/mol. The standard InChI is InChI=1S/C21H16ClN5O2/c1-12-7-8-13-10-14(19(22)24-17(13)9-12)11-23-25-20(28)18-15-5-3-4-6-16(15)21(29)27(2)26-18/h3-11H,1-2H3,(H,25,28)/b23-11-. The van der Waals surface area contributed by atoms with Gasteiger partial charge >= 0.3 is 0 Å². The average Bonchev–Trinajstić information content (AvgIpc) is 2.71. The van der Waals surface area contributed by atoms with Gasteiger partial charge < -0.3 is 0 Å². The second-order valence-corrected chi connectivity index (χ2v) is 6.94. The minimum atomic E-state index is -0.534. The molecule has 1 amide bonds. The summed E-state index contributed by atoms with van der Waals surface area (Å²) in [5.74, 6) is -0.534. The number of hydrogen-bond donors (Lipinski definition) is 1. The van der Waals surface area contributed by atoms with Crippen molar-refractivity contribution in [1.29, 1.82) is 0 Å². The molecule has 0 unspecified atom stereocenters. The van der Waals surface area contributed by atoms with Gasteiger partial charge in [-0.15, -0.1) is 0 Å². The zero-order valence-electron chi connectivity index (χ0n) is 15.7. The number of carbonyl (C=O) groups excluding carboxylic acids is 1. The SMILES string of the molecule is Cc1ccc2cc(/C=N\NC(=O)c3nn(C)c(=O)c4ccccc34)c(Cl)nc2c1. The molecule has 29 heavy (non-hydrogen) atoms. The molecule has 144 valence electrons. The summed E-state index contributed by atoms with van der Waals surface area (Å²) >= 11 is 6.24. The van der Waals surface area contributed by atoms with Crippen molar-refractivity contribution in [2.24, 2.45) is 12.1 Å². The Kier molecular flexibility index (Phi) is 4.82. The number of carbonyl (C=O) groups is 1. The summed E-state index contributed by atoms with van der Waals surface area (Å²) in [4.78, 5) is 29.1. The second kappa shape index (κ2) is 7.44. The number of halogens is 1. The molecule has 0 spiro atoms. The third kappa shape index (κ3) is 3.60.